The maximum atomic E-state index is 5.82. The highest BCUT2D eigenvalue weighted by Gasteiger charge is 2.05. The molecule has 70 valence electrons. The smallest absolute Gasteiger partial charge is 0.0452 e. The number of para-hydroxylation sites is 1. The summed E-state index contributed by atoms with van der Waals surface area (Å²) in [5.74, 6) is 0. The first-order chi connectivity index (χ1) is 6.27. The molecule has 0 heterocycles. The number of rotatable bonds is 4. The zero-order valence-corrected chi connectivity index (χ0v) is 8.68. The summed E-state index contributed by atoms with van der Waals surface area (Å²) in [6.45, 7) is 5.95. The van der Waals surface area contributed by atoms with E-state index in [1.54, 1.807) is 11.8 Å². The number of anilines is 1. The summed E-state index contributed by atoms with van der Waals surface area (Å²) >= 11 is 1.77. The third kappa shape index (κ3) is 2.81. The van der Waals surface area contributed by atoms with Crippen molar-refractivity contribution >= 4 is 17.4 Å². The number of hydrogen-bond acceptors (Lipinski definition) is 2. The lowest BCUT2D eigenvalue weighted by Crippen LogP contribution is -1.96. The van der Waals surface area contributed by atoms with Gasteiger partial charge in [0.1, 0.15) is 0 Å². The van der Waals surface area contributed by atoms with Crippen LogP contribution in [0, 0.1) is 0 Å². The van der Waals surface area contributed by atoms with Gasteiger partial charge in [-0.3, -0.25) is 0 Å². The molecule has 0 aromatic heterocycles. The molecule has 0 amide bonds. The molecule has 2 heteroatoms. The molecule has 1 nitrogen and oxygen atoms in total. The van der Waals surface area contributed by atoms with Gasteiger partial charge in [-0.05, 0) is 18.6 Å². The predicted octanol–water partition coefficient (Wildman–Crippen LogP) is 3.33. The van der Waals surface area contributed by atoms with Crippen LogP contribution in [0.4, 0.5) is 5.69 Å². The molecule has 0 saturated heterocycles. The molecule has 0 saturated carbocycles. The first-order valence-corrected chi connectivity index (χ1v) is 5.29. The largest absolute Gasteiger partial charge is 0.398 e. The van der Waals surface area contributed by atoms with Crippen molar-refractivity contribution in [1.29, 1.82) is 0 Å². The van der Waals surface area contributed by atoms with E-state index >= 15 is 0 Å². The molecule has 0 radical (unpaired) electrons. The average Bonchev–Trinajstić information content (AvgIpc) is 2.17. The molecule has 0 fully saturated rings. The van der Waals surface area contributed by atoms with Crippen LogP contribution in [-0.2, 0) is 0 Å². The van der Waals surface area contributed by atoms with Crippen molar-refractivity contribution in [2.24, 2.45) is 0 Å². The maximum Gasteiger partial charge on any atom is 0.0452 e. The van der Waals surface area contributed by atoms with Gasteiger partial charge in [-0.25, -0.2) is 0 Å². The zero-order chi connectivity index (χ0) is 9.68. The second kappa shape index (κ2) is 4.97. The minimum absolute atomic E-state index is 0.463. The van der Waals surface area contributed by atoms with Crippen molar-refractivity contribution in [3.8, 4) is 0 Å². The number of nitrogen functional groups attached to an aromatic ring is 1. The topological polar surface area (TPSA) is 26.0 Å². The lowest BCUT2D eigenvalue weighted by Gasteiger charge is -2.10. The van der Waals surface area contributed by atoms with E-state index in [0.29, 0.717) is 5.25 Å². The number of thioether (sulfide) groups is 1. The summed E-state index contributed by atoms with van der Waals surface area (Å²) in [7, 11) is 0. The maximum absolute atomic E-state index is 5.82. The lowest BCUT2D eigenvalue weighted by atomic mass is 10.3. The fraction of sp³-hybridized carbons (Fsp3) is 0.273. The van der Waals surface area contributed by atoms with Crippen LogP contribution in [-0.4, -0.2) is 5.25 Å². The number of hydrogen-bond donors (Lipinski definition) is 1. The van der Waals surface area contributed by atoms with Gasteiger partial charge in [-0.1, -0.05) is 25.1 Å². The zero-order valence-electron chi connectivity index (χ0n) is 7.86. The molecule has 13 heavy (non-hydrogen) atoms. The van der Waals surface area contributed by atoms with Crippen LogP contribution in [0.25, 0.3) is 0 Å². The van der Waals surface area contributed by atoms with Gasteiger partial charge in [0.2, 0.25) is 0 Å². The molecule has 0 aliphatic heterocycles. The summed E-state index contributed by atoms with van der Waals surface area (Å²) in [6.07, 6.45) is 3.06. The van der Waals surface area contributed by atoms with Crippen LogP contribution in [0.15, 0.2) is 41.8 Å². The highest BCUT2D eigenvalue weighted by atomic mass is 32.2. The van der Waals surface area contributed by atoms with Gasteiger partial charge >= 0.3 is 0 Å². The standard InChI is InChI=1S/C11H15NS/c1-3-9(4-2)13-11-8-6-5-7-10(11)12/h3,5-9H,1,4,12H2,2H3/t9-/m1/s1. The van der Waals surface area contributed by atoms with Crippen LogP contribution in [0.3, 0.4) is 0 Å². The normalized spacial score (nSPS) is 12.4. The second-order valence-electron chi connectivity index (χ2n) is 2.84. The van der Waals surface area contributed by atoms with E-state index in [2.05, 4.69) is 13.5 Å². The van der Waals surface area contributed by atoms with Crippen LogP contribution < -0.4 is 5.73 Å². The molecule has 0 unspecified atom stereocenters. The fourth-order valence-electron chi connectivity index (χ4n) is 1.05. The Morgan fingerprint density at radius 3 is 2.77 bits per heavy atom. The first kappa shape index (κ1) is 10.2. The van der Waals surface area contributed by atoms with Crippen molar-refractivity contribution in [2.45, 2.75) is 23.5 Å². The molecule has 1 rings (SSSR count). The summed E-state index contributed by atoms with van der Waals surface area (Å²) in [6, 6.07) is 7.94. The Bertz CT molecular complexity index is 283. The minimum Gasteiger partial charge on any atom is -0.398 e. The van der Waals surface area contributed by atoms with E-state index < -0.39 is 0 Å². The molecule has 0 aliphatic carbocycles. The Balaban J connectivity index is 2.73. The van der Waals surface area contributed by atoms with Gasteiger partial charge in [-0.15, -0.1) is 18.3 Å². The molecular formula is C11H15NS. The third-order valence-corrected chi connectivity index (χ3v) is 3.32. The molecule has 2 N–H and O–H groups in total. The minimum atomic E-state index is 0.463. The van der Waals surface area contributed by atoms with Gasteiger partial charge in [0, 0.05) is 15.8 Å². The third-order valence-electron chi connectivity index (χ3n) is 1.86. The van der Waals surface area contributed by atoms with Crippen molar-refractivity contribution in [3.05, 3.63) is 36.9 Å². The Labute approximate surface area is 84.0 Å². The van der Waals surface area contributed by atoms with Crippen LogP contribution in [0.5, 0.6) is 0 Å². The summed E-state index contributed by atoms with van der Waals surface area (Å²) in [4.78, 5) is 1.15. The Kier molecular flexibility index (Phi) is 3.90. The monoisotopic (exact) mass is 193 g/mol. The Morgan fingerprint density at radius 1 is 1.54 bits per heavy atom. The van der Waals surface area contributed by atoms with Gasteiger partial charge in [0.25, 0.3) is 0 Å². The van der Waals surface area contributed by atoms with Crippen LogP contribution >= 0.6 is 11.8 Å². The predicted molar refractivity (Wildman–Crippen MR) is 61.0 cm³/mol. The van der Waals surface area contributed by atoms with E-state index in [-0.39, 0.29) is 0 Å². The van der Waals surface area contributed by atoms with Gasteiger partial charge in [0.05, 0.1) is 0 Å². The molecule has 0 aliphatic rings. The molecule has 0 bridgehead atoms. The van der Waals surface area contributed by atoms with Crippen molar-refractivity contribution < 1.29 is 0 Å². The Morgan fingerprint density at radius 2 is 2.23 bits per heavy atom. The van der Waals surface area contributed by atoms with E-state index in [1.807, 2.05) is 30.3 Å². The highest BCUT2D eigenvalue weighted by molar-refractivity contribution is 8.00. The number of nitrogens with two attached hydrogens (primary N) is 1. The van der Waals surface area contributed by atoms with E-state index in [0.717, 1.165) is 17.0 Å². The quantitative estimate of drug-likeness (QED) is 0.451. The molecule has 1 aromatic carbocycles. The highest BCUT2D eigenvalue weighted by Crippen LogP contribution is 2.30. The average molecular weight is 193 g/mol. The second-order valence-corrected chi connectivity index (χ2v) is 4.12. The van der Waals surface area contributed by atoms with Gasteiger partial charge in [-0.2, -0.15) is 0 Å². The van der Waals surface area contributed by atoms with E-state index in [1.165, 1.54) is 0 Å². The fourth-order valence-corrected chi connectivity index (χ4v) is 2.00. The molecular weight excluding hydrogens is 178 g/mol. The lowest BCUT2D eigenvalue weighted by molar-refractivity contribution is 0.978. The van der Waals surface area contributed by atoms with Crippen LogP contribution in [0.1, 0.15) is 13.3 Å². The summed E-state index contributed by atoms with van der Waals surface area (Å²) < 4.78 is 0. The van der Waals surface area contributed by atoms with Gasteiger partial charge < -0.3 is 5.73 Å². The van der Waals surface area contributed by atoms with Crippen molar-refractivity contribution in [2.75, 3.05) is 5.73 Å². The van der Waals surface area contributed by atoms with Crippen molar-refractivity contribution in [1.82, 2.24) is 0 Å². The molecule has 1 aromatic rings. The van der Waals surface area contributed by atoms with Crippen LogP contribution in [0.2, 0.25) is 0 Å². The van der Waals surface area contributed by atoms with E-state index in [9.17, 15) is 0 Å². The summed E-state index contributed by atoms with van der Waals surface area (Å²) in [5, 5.41) is 0.463. The summed E-state index contributed by atoms with van der Waals surface area (Å²) in [5.41, 5.74) is 6.68. The molecule has 1 atom stereocenters. The first-order valence-electron chi connectivity index (χ1n) is 4.41. The number of benzene rings is 1. The SMILES string of the molecule is C=C[C@H](CC)Sc1ccccc1N. The molecule has 0 spiro atoms. The Hall–Kier alpha value is -0.890. The van der Waals surface area contributed by atoms with Crippen molar-refractivity contribution in [3.63, 3.8) is 0 Å². The van der Waals surface area contributed by atoms with E-state index in [4.69, 9.17) is 5.73 Å². The van der Waals surface area contributed by atoms with Gasteiger partial charge in [0.15, 0.2) is 0 Å².